The van der Waals surface area contributed by atoms with Crippen LogP contribution in [0.5, 0.6) is 0 Å². The largest absolute Gasteiger partial charge is 0.314 e. The fourth-order valence-electron chi connectivity index (χ4n) is 2.17. The quantitative estimate of drug-likeness (QED) is 0.717. The van der Waals surface area contributed by atoms with E-state index in [4.69, 9.17) is 0 Å². The van der Waals surface area contributed by atoms with Crippen LogP contribution in [0.4, 0.5) is 0 Å². The number of rotatable bonds is 4. The molecule has 0 aromatic rings. The van der Waals surface area contributed by atoms with Crippen LogP contribution in [0, 0.1) is 0 Å². The van der Waals surface area contributed by atoms with Crippen molar-refractivity contribution in [3.8, 4) is 0 Å². The third kappa shape index (κ3) is 3.65. The van der Waals surface area contributed by atoms with Crippen LogP contribution in [-0.2, 0) is 0 Å². The summed E-state index contributed by atoms with van der Waals surface area (Å²) in [5.41, 5.74) is 0. The second-order valence-electron chi connectivity index (χ2n) is 4.44. The number of nitrogens with zero attached hydrogens (tertiary/aromatic N) is 1. The molecule has 1 fully saturated rings. The van der Waals surface area contributed by atoms with Crippen LogP contribution in [-0.4, -0.2) is 37.6 Å². The van der Waals surface area contributed by atoms with E-state index in [1.165, 1.54) is 38.6 Å². The standard InChI is InChI=1S/C11H24N2/c1-4-8-12-10-6-5-7-11(9-10)13(2)3/h10-12H,4-9H2,1-3H3. The Labute approximate surface area is 82.7 Å². The lowest BCUT2D eigenvalue weighted by molar-refractivity contribution is 0.199. The summed E-state index contributed by atoms with van der Waals surface area (Å²) in [6.07, 6.45) is 6.75. The number of hydrogen-bond acceptors (Lipinski definition) is 2. The lowest BCUT2D eigenvalue weighted by atomic mass is 9.90. The van der Waals surface area contributed by atoms with Crippen molar-refractivity contribution in [2.75, 3.05) is 20.6 Å². The highest BCUT2D eigenvalue weighted by molar-refractivity contribution is 4.81. The zero-order valence-corrected chi connectivity index (χ0v) is 9.34. The van der Waals surface area contributed by atoms with E-state index in [0.29, 0.717) is 0 Å². The highest BCUT2D eigenvalue weighted by atomic mass is 15.1. The minimum Gasteiger partial charge on any atom is -0.314 e. The fourth-order valence-corrected chi connectivity index (χ4v) is 2.17. The first-order valence-corrected chi connectivity index (χ1v) is 5.63. The average Bonchev–Trinajstić information content (AvgIpc) is 2.15. The molecule has 2 nitrogen and oxygen atoms in total. The molecule has 2 atom stereocenters. The molecule has 1 saturated carbocycles. The minimum absolute atomic E-state index is 0.779. The highest BCUT2D eigenvalue weighted by Gasteiger charge is 2.22. The first-order chi connectivity index (χ1) is 6.24. The second kappa shape index (κ2) is 5.61. The van der Waals surface area contributed by atoms with E-state index in [2.05, 4.69) is 31.2 Å². The van der Waals surface area contributed by atoms with Crippen molar-refractivity contribution in [1.82, 2.24) is 10.2 Å². The predicted octanol–water partition coefficient (Wildman–Crippen LogP) is 1.86. The van der Waals surface area contributed by atoms with E-state index in [9.17, 15) is 0 Å². The van der Waals surface area contributed by atoms with Gasteiger partial charge in [-0.1, -0.05) is 13.3 Å². The maximum absolute atomic E-state index is 3.63. The van der Waals surface area contributed by atoms with Crippen molar-refractivity contribution in [1.29, 1.82) is 0 Å². The Morgan fingerprint density at radius 2 is 2.08 bits per heavy atom. The van der Waals surface area contributed by atoms with Crippen molar-refractivity contribution < 1.29 is 0 Å². The molecular formula is C11H24N2. The third-order valence-corrected chi connectivity index (χ3v) is 3.06. The maximum Gasteiger partial charge on any atom is 0.0104 e. The lowest BCUT2D eigenvalue weighted by Gasteiger charge is -2.33. The summed E-state index contributed by atoms with van der Waals surface area (Å²) in [4.78, 5) is 2.37. The minimum atomic E-state index is 0.779. The predicted molar refractivity (Wildman–Crippen MR) is 58.0 cm³/mol. The van der Waals surface area contributed by atoms with Crippen LogP contribution in [0.3, 0.4) is 0 Å². The van der Waals surface area contributed by atoms with Crippen LogP contribution < -0.4 is 5.32 Å². The van der Waals surface area contributed by atoms with Gasteiger partial charge in [-0.15, -0.1) is 0 Å². The molecule has 78 valence electrons. The Bertz CT molecular complexity index is 134. The van der Waals surface area contributed by atoms with E-state index in [1.807, 2.05) is 0 Å². The molecule has 0 aromatic carbocycles. The van der Waals surface area contributed by atoms with Crippen LogP contribution in [0.2, 0.25) is 0 Å². The Morgan fingerprint density at radius 1 is 1.31 bits per heavy atom. The van der Waals surface area contributed by atoms with Crippen molar-refractivity contribution >= 4 is 0 Å². The molecule has 1 rings (SSSR count). The normalized spacial score (nSPS) is 29.5. The molecule has 1 aliphatic carbocycles. The van der Waals surface area contributed by atoms with Gasteiger partial charge in [-0.05, 0) is 46.3 Å². The molecule has 0 aromatic heterocycles. The molecule has 1 aliphatic rings. The fraction of sp³-hybridized carbons (Fsp3) is 1.00. The van der Waals surface area contributed by atoms with Gasteiger partial charge in [0.05, 0.1) is 0 Å². The summed E-state index contributed by atoms with van der Waals surface area (Å²) in [7, 11) is 4.40. The van der Waals surface area contributed by atoms with Crippen molar-refractivity contribution in [2.45, 2.75) is 51.1 Å². The summed E-state index contributed by atoms with van der Waals surface area (Å²) < 4.78 is 0. The smallest absolute Gasteiger partial charge is 0.0104 e. The van der Waals surface area contributed by atoms with E-state index in [-0.39, 0.29) is 0 Å². The molecule has 0 spiro atoms. The number of nitrogens with one attached hydrogen (secondary N) is 1. The zero-order chi connectivity index (χ0) is 9.68. The van der Waals surface area contributed by atoms with Gasteiger partial charge < -0.3 is 10.2 Å². The first kappa shape index (κ1) is 11.0. The van der Waals surface area contributed by atoms with E-state index in [0.717, 1.165) is 12.1 Å². The molecule has 1 N–H and O–H groups in total. The first-order valence-electron chi connectivity index (χ1n) is 5.63. The molecule has 13 heavy (non-hydrogen) atoms. The summed E-state index contributed by atoms with van der Waals surface area (Å²) in [5.74, 6) is 0. The second-order valence-corrected chi connectivity index (χ2v) is 4.44. The molecule has 0 aliphatic heterocycles. The summed E-state index contributed by atoms with van der Waals surface area (Å²) in [6, 6.07) is 1.59. The molecular weight excluding hydrogens is 160 g/mol. The van der Waals surface area contributed by atoms with Gasteiger partial charge in [-0.3, -0.25) is 0 Å². The molecule has 2 heteroatoms. The summed E-state index contributed by atoms with van der Waals surface area (Å²) >= 11 is 0. The molecule has 0 bridgehead atoms. The lowest BCUT2D eigenvalue weighted by Crippen LogP contribution is -2.41. The monoisotopic (exact) mass is 184 g/mol. The van der Waals surface area contributed by atoms with Gasteiger partial charge in [-0.2, -0.15) is 0 Å². The molecule has 0 radical (unpaired) electrons. The zero-order valence-electron chi connectivity index (χ0n) is 9.34. The van der Waals surface area contributed by atoms with Gasteiger partial charge >= 0.3 is 0 Å². The maximum atomic E-state index is 3.63. The highest BCUT2D eigenvalue weighted by Crippen LogP contribution is 2.21. The van der Waals surface area contributed by atoms with Gasteiger partial charge in [0.25, 0.3) is 0 Å². The van der Waals surface area contributed by atoms with Crippen LogP contribution in [0.25, 0.3) is 0 Å². The van der Waals surface area contributed by atoms with Crippen molar-refractivity contribution in [3.05, 3.63) is 0 Å². The SMILES string of the molecule is CCCNC1CCCC(N(C)C)C1. The molecule has 0 saturated heterocycles. The van der Waals surface area contributed by atoms with Gasteiger partial charge in [0.15, 0.2) is 0 Å². The summed E-state index contributed by atoms with van der Waals surface area (Å²) in [5, 5.41) is 3.63. The van der Waals surface area contributed by atoms with E-state index >= 15 is 0 Å². The molecule has 2 unspecified atom stereocenters. The molecule has 0 amide bonds. The number of hydrogen-bond donors (Lipinski definition) is 1. The van der Waals surface area contributed by atoms with Crippen LogP contribution in [0.15, 0.2) is 0 Å². The molecule has 0 heterocycles. The van der Waals surface area contributed by atoms with Crippen molar-refractivity contribution in [3.63, 3.8) is 0 Å². The third-order valence-electron chi connectivity index (χ3n) is 3.06. The van der Waals surface area contributed by atoms with E-state index < -0.39 is 0 Å². The van der Waals surface area contributed by atoms with Crippen LogP contribution in [0.1, 0.15) is 39.0 Å². The van der Waals surface area contributed by atoms with Crippen LogP contribution >= 0.6 is 0 Å². The topological polar surface area (TPSA) is 15.3 Å². The van der Waals surface area contributed by atoms with Crippen molar-refractivity contribution in [2.24, 2.45) is 0 Å². The van der Waals surface area contributed by atoms with Gasteiger partial charge in [0.1, 0.15) is 0 Å². The Morgan fingerprint density at radius 3 is 2.69 bits per heavy atom. The Hall–Kier alpha value is -0.0800. The Kier molecular flexibility index (Phi) is 4.74. The summed E-state index contributed by atoms with van der Waals surface area (Å²) in [6.45, 7) is 3.42. The van der Waals surface area contributed by atoms with Gasteiger partial charge in [0.2, 0.25) is 0 Å². The van der Waals surface area contributed by atoms with Gasteiger partial charge in [0, 0.05) is 12.1 Å². The van der Waals surface area contributed by atoms with E-state index in [1.54, 1.807) is 0 Å². The van der Waals surface area contributed by atoms with Gasteiger partial charge in [-0.25, -0.2) is 0 Å². The Balaban J connectivity index is 2.25. The average molecular weight is 184 g/mol.